The second-order valence-corrected chi connectivity index (χ2v) is 8.65. The lowest BCUT2D eigenvalue weighted by Gasteiger charge is -2.42. The van der Waals surface area contributed by atoms with Gasteiger partial charge in [-0.25, -0.2) is 0 Å². The first-order chi connectivity index (χ1) is 12.5. The van der Waals surface area contributed by atoms with Crippen LogP contribution in [0.15, 0.2) is 4.99 Å². The van der Waals surface area contributed by atoms with Crippen LogP contribution in [0.5, 0.6) is 0 Å². The summed E-state index contributed by atoms with van der Waals surface area (Å²) in [4.78, 5) is 21.6. The first-order valence-electron chi connectivity index (χ1n) is 10.6. The Morgan fingerprint density at radius 1 is 1.19 bits per heavy atom. The van der Waals surface area contributed by atoms with E-state index in [0.29, 0.717) is 12.0 Å². The van der Waals surface area contributed by atoms with Gasteiger partial charge in [0, 0.05) is 45.3 Å². The SMILES string of the molecule is CCNC(=NCC1(C2CC2)CCC1)N1CCN(CC(=O)NC(C)C)CC1.I. The van der Waals surface area contributed by atoms with Crippen molar-refractivity contribution in [3.63, 3.8) is 0 Å². The summed E-state index contributed by atoms with van der Waals surface area (Å²) in [6.07, 6.45) is 6.98. The predicted octanol–water partition coefficient (Wildman–Crippen LogP) is 2.29. The molecule has 3 fully saturated rings. The Labute approximate surface area is 181 Å². The van der Waals surface area contributed by atoms with Crippen molar-refractivity contribution in [1.82, 2.24) is 20.4 Å². The number of halogens is 1. The molecular formula is C20H38IN5O. The number of hydrogen-bond acceptors (Lipinski definition) is 3. The van der Waals surface area contributed by atoms with Crippen LogP contribution >= 0.6 is 24.0 Å². The number of piperazine rings is 1. The Morgan fingerprint density at radius 2 is 1.85 bits per heavy atom. The molecule has 1 amide bonds. The Morgan fingerprint density at radius 3 is 2.33 bits per heavy atom. The molecule has 0 spiro atoms. The highest BCUT2D eigenvalue weighted by Gasteiger charge is 2.48. The molecule has 2 saturated carbocycles. The van der Waals surface area contributed by atoms with Crippen LogP contribution in [0.2, 0.25) is 0 Å². The molecule has 0 bridgehead atoms. The van der Waals surface area contributed by atoms with E-state index in [0.717, 1.165) is 51.1 Å². The molecule has 1 aliphatic heterocycles. The minimum absolute atomic E-state index is 0. The van der Waals surface area contributed by atoms with Gasteiger partial charge in [0.1, 0.15) is 0 Å². The third-order valence-electron chi connectivity index (χ3n) is 6.16. The second kappa shape index (κ2) is 10.3. The number of amides is 1. The third-order valence-corrected chi connectivity index (χ3v) is 6.16. The van der Waals surface area contributed by atoms with Crippen molar-refractivity contribution in [2.45, 2.75) is 58.9 Å². The number of hydrogen-bond donors (Lipinski definition) is 2. The van der Waals surface area contributed by atoms with Crippen molar-refractivity contribution >= 4 is 35.8 Å². The summed E-state index contributed by atoms with van der Waals surface area (Å²) < 4.78 is 0. The molecule has 156 valence electrons. The van der Waals surface area contributed by atoms with Crippen molar-refractivity contribution in [1.29, 1.82) is 0 Å². The van der Waals surface area contributed by atoms with E-state index < -0.39 is 0 Å². The highest BCUT2D eigenvalue weighted by Crippen LogP contribution is 2.57. The Bertz CT molecular complexity index is 509. The van der Waals surface area contributed by atoms with Crippen LogP contribution in [0, 0.1) is 11.3 Å². The molecule has 0 unspecified atom stereocenters. The van der Waals surface area contributed by atoms with E-state index in [4.69, 9.17) is 4.99 Å². The van der Waals surface area contributed by atoms with Crippen LogP contribution in [0.3, 0.4) is 0 Å². The highest BCUT2D eigenvalue weighted by molar-refractivity contribution is 14.0. The van der Waals surface area contributed by atoms with E-state index in [2.05, 4.69) is 27.4 Å². The van der Waals surface area contributed by atoms with E-state index in [1.54, 1.807) is 0 Å². The lowest BCUT2D eigenvalue weighted by Crippen LogP contribution is -2.54. The highest BCUT2D eigenvalue weighted by atomic mass is 127. The molecule has 7 heteroatoms. The van der Waals surface area contributed by atoms with Crippen LogP contribution in [-0.4, -0.2) is 73.5 Å². The van der Waals surface area contributed by atoms with Crippen molar-refractivity contribution in [2.24, 2.45) is 16.3 Å². The molecular weight excluding hydrogens is 453 g/mol. The van der Waals surface area contributed by atoms with Gasteiger partial charge in [0.15, 0.2) is 5.96 Å². The summed E-state index contributed by atoms with van der Waals surface area (Å²) >= 11 is 0. The van der Waals surface area contributed by atoms with E-state index in [1.165, 1.54) is 32.1 Å². The quantitative estimate of drug-likeness (QED) is 0.326. The normalized spacial score (nSPS) is 22.8. The monoisotopic (exact) mass is 491 g/mol. The van der Waals surface area contributed by atoms with Gasteiger partial charge in [-0.15, -0.1) is 24.0 Å². The van der Waals surface area contributed by atoms with Crippen LogP contribution < -0.4 is 10.6 Å². The fourth-order valence-corrected chi connectivity index (χ4v) is 4.37. The standard InChI is InChI=1S/C20H37N5O.HI/c1-4-21-19(22-15-20(8-5-9-20)17-6-7-17)25-12-10-24(11-13-25)14-18(26)23-16(2)3;/h16-17H,4-15H2,1-3H3,(H,21,22)(H,23,26);1H. The number of nitrogens with one attached hydrogen (secondary N) is 2. The summed E-state index contributed by atoms with van der Waals surface area (Å²) in [6.45, 7) is 12.3. The maximum atomic E-state index is 12.0. The number of nitrogens with zero attached hydrogens (tertiary/aromatic N) is 3. The van der Waals surface area contributed by atoms with Crippen molar-refractivity contribution in [2.75, 3.05) is 45.8 Å². The van der Waals surface area contributed by atoms with E-state index in [1.807, 2.05) is 13.8 Å². The zero-order chi connectivity index (χ0) is 18.6. The maximum absolute atomic E-state index is 12.0. The molecule has 3 aliphatic rings. The van der Waals surface area contributed by atoms with Crippen molar-refractivity contribution in [3.05, 3.63) is 0 Å². The average Bonchev–Trinajstić information content (AvgIpc) is 3.38. The number of carbonyl (C=O) groups excluding carboxylic acids is 1. The van der Waals surface area contributed by atoms with Crippen LogP contribution in [0.25, 0.3) is 0 Å². The fraction of sp³-hybridized carbons (Fsp3) is 0.900. The number of aliphatic imine (C=N–C) groups is 1. The first-order valence-corrected chi connectivity index (χ1v) is 10.6. The molecule has 0 radical (unpaired) electrons. The summed E-state index contributed by atoms with van der Waals surface area (Å²) in [5.41, 5.74) is 0.525. The predicted molar refractivity (Wildman–Crippen MR) is 122 cm³/mol. The Kier molecular flexibility index (Phi) is 8.65. The van der Waals surface area contributed by atoms with Gasteiger partial charge in [0.05, 0.1) is 6.54 Å². The largest absolute Gasteiger partial charge is 0.357 e. The van der Waals surface area contributed by atoms with Crippen LogP contribution in [-0.2, 0) is 4.79 Å². The Hall–Kier alpha value is -0.570. The summed E-state index contributed by atoms with van der Waals surface area (Å²) in [7, 11) is 0. The molecule has 6 nitrogen and oxygen atoms in total. The van der Waals surface area contributed by atoms with Gasteiger partial charge in [-0.2, -0.15) is 0 Å². The van der Waals surface area contributed by atoms with E-state index >= 15 is 0 Å². The van der Waals surface area contributed by atoms with Gasteiger partial charge in [-0.05, 0) is 57.8 Å². The lowest BCUT2D eigenvalue weighted by molar-refractivity contribution is -0.123. The second-order valence-electron chi connectivity index (χ2n) is 8.65. The summed E-state index contributed by atoms with van der Waals surface area (Å²) in [5.74, 6) is 2.15. The number of carbonyl (C=O) groups is 1. The number of rotatable bonds is 7. The molecule has 1 saturated heterocycles. The molecule has 0 atom stereocenters. The smallest absolute Gasteiger partial charge is 0.234 e. The average molecular weight is 491 g/mol. The molecule has 0 aromatic carbocycles. The molecule has 2 aliphatic carbocycles. The zero-order valence-electron chi connectivity index (χ0n) is 17.3. The van der Waals surface area contributed by atoms with Gasteiger partial charge >= 0.3 is 0 Å². The van der Waals surface area contributed by atoms with E-state index in [9.17, 15) is 4.79 Å². The minimum Gasteiger partial charge on any atom is -0.357 e. The van der Waals surface area contributed by atoms with Gasteiger partial charge in [0.25, 0.3) is 0 Å². The molecule has 0 aromatic heterocycles. The fourth-order valence-electron chi connectivity index (χ4n) is 4.37. The van der Waals surface area contributed by atoms with Gasteiger partial charge in [0.2, 0.25) is 5.91 Å². The molecule has 0 aromatic rings. The number of guanidine groups is 1. The Balaban J connectivity index is 0.00000261. The maximum Gasteiger partial charge on any atom is 0.234 e. The van der Waals surface area contributed by atoms with Gasteiger partial charge in [-0.3, -0.25) is 14.7 Å². The third kappa shape index (κ3) is 6.21. The topological polar surface area (TPSA) is 60.0 Å². The summed E-state index contributed by atoms with van der Waals surface area (Å²) in [6, 6.07) is 0.210. The lowest BCUT2D eigenvalue weighted by atomic mass is 9.65. The van der Waals surface area contributed by atoms with Crippen molar-refractivity contribution in [3.8, 4) is 0 Å². The van der Waals surface area contributed by atoms with Crippen LogP contribution in [0.1, 0.15) is 52.9 Å². The minimum atomic E-state index is 0. The van der Waals surface area contributed by atoms with E-state index in [-0.39, 0.29) is 35.9 Å². The van der Waals surface area contributed by atoms with Gasteiger partial charge < -0.3 is 15.5 Å². The zero-order valence-corrected chi connectivity index (χ0v) is 19.6. The molecule has 1 heterocycles. The van der Waals surface area contributed by atoms with Gasteiger partial charge in [-0.1, -0.05) is 6.42 Å². The van der Waals surface area contributed by atoms with Crippen LogP contribution in [0.4, 0.5) is 0 Å². The molecule has 2 N–H and O–H groups in total. The summed E-state index contributed by atoms with van der Waals surface area (Å²) in [5, 5.41) is 6.47. The van der Waals surface area contributed by atoms with Crippen molar-refractivity contribution < 1.29 is 4.79 Å². The molecule has 27 heavy (non-hydrogen) atoms. The molecule has 3 rings (SSSR count). The first kappa shape index (κ1) is 22.7.